The van der Waals surface area contributed by atoms with E-state index in [9.17, 15) is 14.3 Å². The molecule has 3 aliphatic rings. The van der Waals surface area contributed by atoms with Crippen molar-refractivity contribution >= 4 is 28.0 Å². The minimum Gasteiger partial charge on any atom is -0.494 e. The molecule has 0 radical (unpaired) electrons. The lowest BCUT2D eigenvalue weighted by molar-refractivity contribution is 0.0700. The maximum absolute atomic E-state index is 14.5. The molecule has 10 heteroatoms. The Morgan fingerprint density at radius 2 is 1.93 bits per heavy atom. The molecule has 3 aromatic heterocycles. The molecule has 1 aliphatic heterocycles. The van der Waals surface area contributed by atoms with Gasteiger partial charge in [0.1, 0.15) is 22.7 Å². The molecular formula is C34H35FN6O3. The van der Waals surface area contributed by atoms with Gasteiger partial charge in [-0.3, -0.25) is 4.79 Å². The van der Waals surface area contributed by atoms with E-state index in [0.29, 0.717) is 46.5 Å². The van der Waals surface area contributed by atoms with Crippen LogP contribution in [0.2, 0.25) is 0 Å². The van der Waals surface area contributed by atoms with E-state index in [0.717, 1.165) is 60.3 Å². The third-order valence-electron chi connectivity index (χ3n) is 9.95. The van der Waals surface area contributed by atoms with Gasteiger partial charge < -0.3 is 29.6 Å². The normalized spacial score (nSPS) is 21.2. The first-order valence-corrected chi connectivity index (χ1v) is 15.4. The molecule has 2 aliphatic carbocycles. The average molecular weight is 595 g/mol. The van der Waals surface area contributed by atoms with Crippen molar-refractivity contribution in [1.29, 1.82) is 0 Å². The number of aromatic nitrogens is 4. The third kappa shape index (κ3) is 4.22. The summed E-state index contributed by atoms with van der Waals surface area (Å²) in [6.07, 6.45) is 4.36. The molecule has 3 N–H and O–H groups in total. The number of ether oxygens (including phenoxy) is 1. The molecular weight excluding hydrogens is 559 g/mol. The first-order chi connectivity index (χ1) is 21.3. The quantitative estimate of drug-likeness (QED) is 0.278. The molecule has 3 atom stereocenters. The SMILES string of the molecule is COc1cc(C(=O)N2CC3CCC2[C@@H]3N)cc2nc(-c3cc4ccc(-c5ccc(CO)c(F)c5)nc4n3CC3CC3)n(C)c12. The Kier molecular flexibility index (Phi) is 6.29. The van der Waals surface area contributed by atoms with Crippen LogP contribution in [0.15, 0.2) is 48.5 Å². The van der Waals surface area contributed by atoms with E-state index in [-0.39, 0.29) is 30.2 Å². The number of nitrogens with zero attached hydrogens (tertiary/aromatic N) is 5. The lowest BCUT2D eigenvalue weighted by Gasteiger charge is -2.27. The van der Waals surface area contributed by atoms with E-state index in [2.05, 4.69) is 10.6 Å². The van der Waals surface area contributed by atoms with Gasteiger partial charge in [0.25, 0.3) is 5.91 Å². The van der Waals surface area contributed by atoms with Gasteiger partial charge in [0.05, 0.1) is 30.6 Å². The molecule has 226 valence electrons. The van der Waals surface area contributed by atoms with Gasteiger partial charge in [0.15, 0.2) is 5.82 Å². The van der Waals surface area contributed by atoms with E-state index < -0.39 is 5.82 Å². The standard InChI is InChI=1S/C34H35FN6O3/c1-39-31-26(12-23(14-29(31)44-2)34(43)41-16-21-8-10-27(41)30(21)36)38-33(39)28-13-20-7-9-25(19-5-6-22(17-42)24(35)11-19)37-32(20)40(28)15-18-3-4-18/h5-7,9,11-14,18,21,27,30,42H,3-4,8,10,15-17,36H2,1-2H3/t21?,27?,30-/m1/s1. The number of likely N-dealkylation sites (tertiary alicyclic amines) is 1. The molecule has 0 spiro atoms. The predicted octanol–water partition coefficient (Wildman–Crippen LogP) is 4.87. The summed E-state index contributed by atoms with van der Waals surface area (Å²) in [6.45, 7) is 1.15. The van der Waals surface area contributed by atoms with Crippen LogP contribution in [0.1, 0.15) is 41.6 Å². The van der Waals surface area contributed by atoms with Gasteiger partial charge in [0, 0.05) is 54.3 Å². The third-order valence-corrected chi connectivity index (χ3v) is 9.95. The fourth-order valence-electron chi connectivity index (χ4n) is 7.32. The van der Waals surface area contributed by atoms with Crippen molar-refractivity contribution < 1.29 is 19.0 Å². The van der Waals surface area contributed by atoms with Crippen LogP contribution in [0.5, 0.6) is 5.75 Å². The summed E-state index contributed by atoms with van der Waals surface area (Å²) in [5.74, 6) is 1.81. The van der Waals surface area contributed by atoms with E-state index in [1.165, 1.54) is 6.07 Å². The lowest BCUT2D eigenvalue weighted by atomic mass is 10.1. The smallest absolute Gasteiger partial charge is 0.254 e. The van der Waals surface area contributed by atoms with Crippen molar-refractivity contribution in [3.8, 4) is 28.5 Å². The van der Waals surface area contributed by atoms with E-state index in [4.69, 9.17) is 20.4 Å². The maximum atomic E-state index is 14.5. The van der Waals surface area contributed by atoms with Gasteiger partial charge in [-0.1, -0.05) is 12.1 Å². The van der Waals surface area contributed by atoms with Crippen molar-refractivity contribution in [2.45, 2.75) is 50.9 Å². The number of piperidine rings is 1. The van der Waals surface area contributed by atoms with E-state index >= 15 is 0 Å². The van der Waals surface area contributed by atoms with Crippen LogP contribution in [-0.2, 0) is 20.2 Å². The molecule has 1 amide bonds. The molecule has 8 rings (SSSR count). The number of hydrogen-bond acceptors (Lipinski definition) is 6. The highest BCUT2D eigenvalue weighted by Crippen LogP contribution is 2.40. The van der Waals surface area contributed by atoms with Crippen LogP contribution in [0.25, 0.3) is 44.8 Å². The number of nitrogens with two attached hydrogens (primary N) is 1. The zero-order chi connectivity index (χ0) is 30.3. The second-order valence-electron chi connectivity index (χ2n) is 12.6. The summed E-state index contributed by atoms with van der Waals surface area (Å²) in [7, 11) is 3.59. The average Bonchev–Trinajstić information content (AvgIpc) is 3.44. The minimum absolute atomic E-state index is 0.0249. The number of fused-ring (bicyclic) bond motifs is 4. The number of imidazole rings is 1. The van der Waals surface area contributed by atoms with Gasteiger partial charge in [0.2, 0.25) is 0 Å². The second-order valence-corrected chi connectivity index (χ2v) is 12.6. The van der Waals surface area contributed by atoms with Crippen molar-refractivity contribution in [2.75, 3.05) is 13.7 Å². The number of hydrogen-bond donors (Lipinski definition) is 2. The Balaban J connectivity index is 1.23. The van der Waals surface area contributed by atoms with Gasteiger partial charge in [-0.25, -0.2) is 14.4 Å². The van der Waals surface area contributed by atoms with Crippen LogP contribution in [0.3, 0.4) is 0 Å². The number of pyridine rings is 1. The molecule has 1 saturated heterocycles. The number of aliphatic hydroxyl groups excluding tert-OH is 1. The molecule has 2 unspecified atom stereocenters. The molecule has 4 heterocycles. The predicted molar refractivity (Wildman–Crippen MR) is 166 cm³/mol. The highest BCUT2D eigenvalue weighted by molar-refractivity contribution is 6.00. The number of amides is 1. The Morgan fingerprint density at radius 1 is 1.09 bits per heavy atom. The Hall–Kier alpha value is -4.28. The number of halogens is 1. The summed E-state index contributed by atoms with van der Waals surface area (Å²) in [5.41, 5.74) is 11.8. The molecule has 5 aromatic rings. The molecule has 3 fully saturated rings. The topological polar surface area (TPSA) is 111 Å². The second kappa shape index (κ2) is 10.1. The summed E-state index contributed by atoms with van der Waals surface area (Å²) < 4.78 is 24.6. The van der Waals surface area contributed by atoms with Gasteiger partial charge in [-0.15, -0.1) is 0 Å². The van der Waals surface area contributed by atoms with Crippen LogP contribution in [0, 0.1) is 17.7 Å². The highest BCUT2D eigenvalue weighted by atomic mass is 19.1. The number of aryl methyl sites for hydroxylation is 1. The fraction of sp³-hybridized carbons (Fsp3) is 0.382. The molecule has 44 heavy (non-hydrogen) atoms. The van der Waals surface area contributed by atoms with Gasteiger partial charge in [-0.05, 0) is 73.9 Å². The van der Waals surface area contributed by atoms with E-state index in [1.54, 1.807) is 19.2 Å². The number of benzene rings is 2. The van der Waals surface area contributed by atoms with Crippen molar-refractivity contribution in [3.63, 3.8) is 0 Å². The Bertz CT molecular complexity index is 1960. The van der Waals surface area contributed by atoms with Gasteiger partial charge >= 0.3 is 0 Å². The van der Waals surface area contributed by atoms with Crippen LogP contribution < -0.4 is 10.5 Å². The van der Waals surface area contributed by atoms with Crippen molar-refractivity contribution in [2.24, 2.45) is 24.6 Å². The summed E-state index contributed by atoms with van der Waals surface area (Å²) in [4.78, 5) is 25.7. The van der Waals surface area contributed by atoms with Crippen molar-refractivity contribution in [1.82, 2.24) is 24.0 Å². The van der Waals surface area contributed by atoms with E-state index in [1.807, 2.05) is 40.8 Å². The monoisotopic (exact) mass is 594 g/mol. The molecule has 2 bridgehead atoms. The largest absolute Gasteiger partial charge is 0.494 e. The molecule has 9 nitrogen and oxygen atoms in total. The zero-order valence-electron chi connectivity index (χ0n) is 24.8. The molecule has 2 saturated carbocycles. The first kappa shape index (κ1) is 27.3. The molecule has 2 aromatic carbocycles. The summed E-state index contributed by atoms with van der Waals surface area (Å²) >= 11 is 0. The van der Waals surface area contributed by atoms with Crippen molar-refractivity contribution in [3.05, 3.63) is 65.5 Å². The fourth-order valence-corrected chi connectivity index (χ4v) is 7.32. The highest BCUT2D eigenvalue weighted by Gasteiger charge is 2.47. The van der Waals surface area contributed by atoms with Crippen LogP contribution >= 0.6 is 0 Å². The number of methoxy groups -OCH3 is 1. The lowest BCUT2D eigenvalue weighted by Crippen LogP contribution is -2.41. The number of carbonyl (C=O) groups excluding carboxylic acids is 1. The summed E-state index contributed by atoms with van der Waals surface area (Å²) in [5, 5.41) is 10.4. The number of carbonyl (C=O) groups is 1. The number of aliphatic hydroxyl groups is 1. The first-order valence-electron chi connectivity index (χ1n) is 15.4. The Labute approximate surface area is 254 Å². The number of rotatable bonds is 7. The van der Waals surface area contributed by atoms with Crippen LogP contribution in [-0.4, -0.2) is 60.8 Å². The maximum Gasteiger partial charge on any atom is 0.254 e. The zero-order valence-corrected chi connectivity index (χ0v) is 24.8. The summed E-state index contributed by atoms with van der Waals surface area (Å²) in [6, 6.07) is 14.6. The minimum atomic E-state index is -0.451. The van der Waals surface area contributed by atoms with Crippen LogP contribution in [0.4, 0.5) is 4.39 Å². The van der Waals surface area contributed by atoms with Gasteiger partial charge in [-0.2, -0.15) is 0 Å². The Morgan fingerprint density at radius 3 is 2.61 bits per heavy atom.